The highest BCUT2D eigenvalue weighted by Gasteiger charge is 2.47. The lowest BCUT2D eigenvalue weighted by Gasteiger charge is -2.42. The third kappa shape index (κ3) is 2.24. The summed E-state index contributed by atoms with van der Waals surface area (Å²) < 4.78 is 0. The Morgan fingerprint density at radius 2 is 0.688 bits per heavy atom. The average molecular weight is 425 g/mol. The molecular formula is C31H20S. The van der Waals surface area contributed by atoms with E-state index in [0.29, 0.717) is 0 Å². The number of benzene rings is 5. The molecule has 0 bridgehead atoms. The lowest BCUT2D eigenvalue weighted by molar-refractivity contribution is 0.708. The van der Waals surface area contributed by atoms with Crippen LogP contribution in [0, 0.1) is 0 Å². The topological polar surface area (TPSA) is 0 Å². The molecule has 0 nitrogen and oxygen atoms in total. The fraction of sp³-hybridized carbons (Fsp3) is 0.0323. The summed E-state index contributed by atoms with van der Waals surface area (Å²) in [5.74, 6) is 0. The first-order chi connectivity index (χ1) is 15.9. The van der Waals surface area contributed by atoms with Crippen LogP contribution in [0.2, 0.25) is 0 Å². The van der Waals surface area contributed by atoms with Gasteiger partial charge in [-0.3, -0.25) is 0 Å². The molecule has 1 aliphatic carbocycles. The maximum absolute atomic E-state index is 2.34. The van der Waals surface area contributed by atoms with E-state index in [2.05, 4.69) is 121 Å². The Labute approximate surface area is 192 Å². The van der Waals surface area contributed by atoms with E-state index in [4.69, 9.17) is 0 Å². The molecule has 32 heavy (non-hydrogen) atoms. The predicted octanol–water partition coefficient (Wildman–Crippen LogP) is 8.18. The molecule has 0 unspecified atom stereocenters. The maximum Gasteiger partial charge on any atom is 0.0735 e. The lowest BCUT2D eigenvalue weighted by atomic mass is 9.63. The van der Waals surface area contributed by atoms with Crippen LogP contribution in [0.1, 0.15) is 22.3 Å². The number of fused-ring (bicyclic) bond motifs is 11. The zero-order valence-electron chi connectivity index (χ0n) is 17.5. The molecule has 0 saturated heterocycles. The molecule has 7 rings (SSSR count). The molecule has 1 aliphatic heterocycles. The molecule has 1 spiro atoms. The Hall–Kier alpha value is -3.55. The highest BCUT2D eigenvalue weighted by atomic mass is 32.2. The fourth-order valence-corrected chi connectivity index (χ4v) is 6.96. The predicted molar refractivity (Wildman–Crippen MR) is 133 cm³/mol. The molecule has 150 valence electrons. The molecule has 5 aromatic rings. The van der Waals surface area contributed by atoms with E-state index >= 15 is 0 Å². The molecule has 5 aromatic carbocycles. The van der Waals surface area contributed by atoms with Crippen LogP contribution in [-0.2, 0) is 5.41 Å². The number of rotatable bonds is 0. The van der Waals surface area contributed by atoms with E-state index in [0.717, 1.165) is 0 Å². The van der Waals surface area contributed by atoms with Crippen LogP contribution >= 0.6 is 11.8 Å². The second-order valence-electron chi connectivity index (χ2n) is 8.48. The van der Waals surface area contributed by atoms with Crippen molar-refractivity contribution < 1.29 is 0 Å². The van der Waals surface area contributed by atoms with E-state index in [1.807, 2.05) is 11.8 Å². The minimum absolute atomic E-state index is 0.370. The SMILES string of the molecule is c1ccc2c(c1)Sc1ccccc1C21c2ccccc2-c2ccccc2-c2ccccc21. The van der Waals surface area contributed by atoms with E-state index in [1.165, 1.54) is 54.3 Å². The first kappa shape index (κ1) is 18.1. The smallest absolute Gasteiger partial charge is 0.0735 e. The summed E-state index contributed by atoms with van der Waals surface area (Å²) in [4.78, 5) is 2.67. The highest BCUT2D eigenvalue weighted by Crippen LogP contribution is 2.60. The standard InChI is InChI=1S/C31H20S/c1-2-12-22-21(11-1)23-13-3-5-15-25(23)31(26-16-6-4-14-24(22)26)27-17-7-9-19-29(27)32-30-20-10-8-18-28(30)31/h1-20H. The second-order valence-corrected chi connectivity index (χ2v) is 9.56. The van der Waals surface area contributed by atoms with E-state index in [9.17, 15) is 0 Å². The van der Waals surface area contributed by atoms with Gasteiger partial charge in [0.05, 0.1) is 5.41 Å². The summed E-state index contributed by atoms with van der Waals surface area (Å²) in [6.07, 6.45) is 0. The third-order valence-corrected chi connectivity index (χ3v) is 8.12. The Morgan fingerprint density at radius 3 is 1.16 bits per heavy atom. The molecule has 1 heteroatoms. The third-order valence-electron chi connectivity index (χ3n) is 6.97. The Balaban J connectivity index is 1.77. The molecule has 1 heterocycles. The first-order valence-electron chi connectivity index (χ1n) is 11.0. The molecular weight excluding hydrogens is 404 g/mol. The monoisotopic (exact) mass is 424 g/mol. The average Bonchev–Trinajstić information content (AvgIpc) is 2.97. The summed E-state index contributed by atoms with van der Waals surface area (Å²) in [5, 5.41) is 0. The van der Waals surface area contributed by atoms with Crippen molar-refractivity contribution in [2.24, 2.45) is 0 Å². The van der Waals surface area contributed by atoms with Crippen molar-refractivity contribution in [1.82, 2.24) is 0 Å². The minimum atomic E-state index is -0.370. The van der Waals surface area contributed by atoms with Crippen molar-refractivity contribution in [3.05, 3.63) is 144 Å². The second kappa shape index (κ2) is 6.72. The molecule has 0 atom stereocenters. The van der Waals surface area contributed by atoms with Crippen molar-refractivity contribution in [2.45, 2.75) is 15.2 Å². The van der Waals surface area contributed by atoms with Crippen molar-refractivity contribution in [2.75, 3.05) is 0 Å². The fourth-order valence-electron chi connectivity index (χ4n) is 5.76. The Bertz CT molecular complexity index is 1400. The van der Waals surface area contributed by atoms with Crippen molar-refractivity contribution in [3.8, 4) is 22.3 Å². The van der Waals surface area contributed by atoms with Gasteiger partial charge in [0.2, 0.25) is 0 Å². The van der Waals surface area contributed by atoms with E-state index in [1.54, 1.807) is 0 Å². The summed E-state index contributed by atoms with van der Waals surface area (Å²) >= 11 is 1.89. The largest absolute Gasteiger partial charge is 0.0894 e. The maximum atomic E-state index is 2.34. The van der Waals surface area contributed by atoms with E-state index in [-0.39, 0.29) is 5.41 Å². The van der Waals surface area contributed by atoms with Gasteiger partial charge < -0.3 is 0 Å². The zero-order valence-corrected chi connectivity index (χ0v) is 18.3. The van der Waals surface area contributed by atoms with Gasteiger partial charge in [-0.2, -0.15) is 0 Å². The van der Waals surface area contributed by atoms with Crippen LogP contribution in [0.3, 0.4) is 0 Å². The molecule has 0 N–H and O–H groups in total. The molecule has 0 saturated carbocycles. The Morgan fingerprint density at radius 1 is 0.344 bits per heavy atom. The van der Waals surface area contributed by atoms with Gasteiger partial charge in [-0.15, -0.1) is 0 Å². The van der Waals surface area contributed by atoms with Crippen LogP contribution in [0.25, 0.3) is 22.3 Å². The zero-order chi connectivity index (χ0) is 21.1. The summed E-state index contributed by atoms with van der Waals surface area (Å²) in [5.41, 5.74) is 10.3. The van der Waals surface area contributed by atoms with E-state index < -0.39 is 0 Å². The number of hydrogen-bond donors (Lipinski definition) is 0. The Kier molecular flexibility index (Phi) is 3.79. The van der Waals surface area contributed by atoms with Crippen molar-refractivity contribution in [1.29, 1.82) is 0 Å². The molecule has 0 radical (unpaired) electrons. The van der Waals surface area contributed by atoms with Crippen LogP contribution < -0.4 is 0 Å². The lowest BCUT2D eigenvalue weighted by Crippen LogP contribution is -2.34. The van der Waals surface area contributed by atoms with Gasteiger partial charge in [-0.25, -0.2) is 0 Å². The molecule has 0 amide bonds. The van der Waals surface area contributed by atoms with Crippen LogP contribution in [0.15, 0.2) is 131 Å². The van der Waals surface area contributed by atoms with Gasteiger partial charge in [-0.1, -0.05) is 121 Å². The van der Waals surface area contributed by atoms with Gasteiger partial charge in [0.15, 0.2) is 0 Å². The van der Waals surface area contributed by atoms with Gasteiger partial charge in [0.25, 0.3) is 0 Å². The van der Waals surface area contributed by atoms with Crippen LogP contribution in [0.4, 0.5) is 0 Å². The van der Waals surface area contributed by atoms with Gasteiger partial charge >= 0.3 is 0 Å². The van der Waals surface area contributed by atoms with Crippen molar-refractivity contribution >= 4 is 11.8 Å². The quantitative estimate of drug-likeness (QED) is 0.236. The molecule has 2 aliphatic rings. The normalized spacial score (nSPS) is 14.4. The van der Waals surface area contributed by atoms with Crippen LogP contribution in [-0.4, -0.2) is 0 Å². The first-order valence-corrected chi connectivity index (χ1v) is 11.9. The summed E-state index contributed by atoms with van der Waals surface area (Å²) in [6, 6.07) is 44.9. The minimum Gasteiger partial charge on any atom is -0.0894 e. The summed E-state index contributed by atoms with van der Waals surface area (Å²) in [7, 11) is 0. The molecule has 0 fully saturated rings. The van der Waals surface area contributed by atoms with Gasteiger partial charge in [0.1, 0.15) is 0 Å². The van der Waals surface area contributed by atoms with Gasteiger partial charge in [-0.05, 0) is 56.6 Å². The van der Waals surface area contributed by atoms with Crippen LogP contribution in [0.5, 0.6) is 0 Å². The van der Waals surface area contributed by atoms with Crippen molar-refractivity contribution in [3.63, 3.8) is 0 Å². The highest BCUT2D eigenvalue weighted by molar-refractivity contribution is 7.99. The molecule has 0 aromatic heterocycles. The number of hydrogen-bond acceptors (Lipinski definition) is 1. The summed E-state index contributed by atoms with van der Waals surface area (Å²) in [6.45, 7) is 0. The van der Waals surface area contributed by atoms with Gasteiger partial charge in [0, 0.05) is 9.79 Å².